The van der Waals surface area contributed by atoms with E-state index in [2.05, 4.69) is 20.2 Å². The Bertz CT molecular complexity index is 708. The van der Waals surface area contributed by atoms with Crippen LogP contribution in [0.15, 0.2) is 28.7 Å². The van der Waals surface area contributed by atoms with E-state index in [-0.39, 0.29) is 0 Å². The predicted octanol–water partition coefficient (Wildman–Crippen LogP) is 0.750. The number of ether oxygens (including phenoxy) is 1. The van der Waals surface area contributed by atoms with Crippen molar-refractivity contribution in [3.05, 3.63) is 29.1 Å². The van der Waals surface area contributed by atoms with Crippen LogP contribution < -0.4 is 21.4 Å². The SMILES string of the molecule is Nc1csc(NN=Cc2ccc(OC(F)(F)F)c(B(O)O)c2)n1. The zero-order valence-corrected chi connectivity index (χ0v) is 12.1. The summed E-state index contributed by atoms with van der Waals surface area (Å²) < 4.78 is 40.4. The lowest BCUT2D eigenvalue weighted by atomic mass is 9.79. The van der Waals surface area contributed by atoms with Gasteiger partial charge in [0.2, 0.25) is 5.13 Å². The van der Waals surface area contributed by atoms with Crippen molar-refractivity contribution in [1.29, 1.82) is 0 Å². The minimum absolute atomic E-state index is 0.319. The van der Waals surface area contributed by atoms with Crippen LogP contribution >= 0.6 is 11.3 Å². The van der Waals surface area contributed by atoms with Crippen molar-refractivity contribution in [2.24, 2.45) is 5.10 Å². The molecular weight excluding hydrogens is 336 g/mol. The summed E-state index contributed by atoms with van der Waals surface area (Å²) >= 11 is 1.22. The number of aromatic nitrogens is 1. The molecule has 12 heteroatoms. The first kappa shape index (κ1) is 17.1. The number of anilines is 2. The summed E-state index contributed by atoms with van der Waals surface area (Å²) in [6.07, 6.45) is -3.67. The van der Waals surface area contributed by atoms with Gasteiger partial charge in [-0.05, 0) is 23.8 Å². The number of benzene rings is 1. The number of alkyl halides is 3. The number of rotatable bonds is 5. The molecule has 1 aromatic carbocycles. The summed E-state index contributed by atoms with van der Waals surface area (Å²) in [5.74, 6) is -0.377. The summed E-state index contributed by atoms with van der Waals surface area (Å²) in [6, 6.07) is 3.34. The van der Waals surface area contributed by atoms with Crippen LogP contribution in [0, 0.1) is 0 Å². The fourth-order valence-electron chi connectivity index (χ4n) is 1.57. The molecule has 0 aliphatic rings. The van der Waals surface area contributed by atoms with Gasteiger partial charge in [0.1, 0.15) is 11.6 Å². The maximum atomic E-state index is 12.2. The van der Waals surface area contributed by atoms with Crippen molar-refractivity contribution < 1.29 is 28.0 Å². The van der Waals surface area contributed by atoms with Crippen LogP contribution in [0.1, 0.15) is 5.56 Å². The highest BCUT2D eigenvalue weighted by Crippen LogP contribution is 2.21. The molecule has 0 aliphatic carbocycles. The molecule has 0 saturated carbocycles. The Morgan fingerprint density at radius 1 is 1.39 bits per heavy atom. The predicted molar refractivity (Wildman–Crippen MR) is 80.7 cm³/mol. The number of nitrogens with two attached hydrogens (primary N) is 1. The molecule has 2 rings (SSSR count). The van der Waals surface area contributed by atoms with Gasteiger partial charge >= 0.3 is 13.5 Å². The van der Waals surface area contributed by atoms with Gasteiger partial charge in [-0.3, -0.25) is 5.43 Å². The van der Waals surface area contributed by atoms with Gasteiger partial charge in [0.25, 0.3) is 0 Å². The summed E-state index contributed by atoms with van der Waals surface area (Å²) in [6.45, 7) is 0. The maximum absolute atomic E-state index is 12.2. The minimum atomic E-state index is -4.94. The molecule has 23 heavy (non-hydrogen) atoms. The van der Waals surface area contributed by atoms with Crippen molar-refractivity contribution in [2.45, 2.75) is 6.36 Å². The van der Waals surface area contributed by atoms with Crippen molar-refractivity contribution in [2.75, 3.05) is 11.2 Å². The van der Waals surface area contributed by atoms with Crippen molar-refractivity contribution in [3.8, 4) is 5.75 Å². The lowest BCUT2D eigenvalue weighted by Gasteiger charge is -2.13. The number of nitrogens with zero attached hydrogens (tertiary/aromatic N) is 2. The number of hydrazone groups is 1. The fourth-order valence-corrected chi connectivity index (χ4v) is 2.11. The van der Waals surface area contributed by atoms with E-state index < -0.39 is 24.7 Å². The van der Waals surface area contributed by atoms with Crippen LogP contribution in [0.25, 0.3) is 0 Å². The van der Waals surface area contributed by atoms with Gasteiger partial charge in [0.15, 0.2) is 0 Å². The maximum Gasteiger partial charge on any atom is 0.573 e. The van der Waals surface area contributed by atoms with E-state index >= 15 is 0 Å². The Labute approximate surface area is 132 Å². The first-order valence-electron chi connectivity index (χ1n) is 6.00. The molecule has 2 aromatic rings. The second kappa shape index (κ2) is 6.85. The van der Waals surface area contributed by atoms with E-state index in [0.717, 1.165) is 12.1 Å². The normalized spacial score (nSPS) is 11.7. The number of hydrogen-bond acceptors (Lipinski definition) is 8. The second-order valence-corrected chi connectivity index (χ2v) is 5.02. The van der Waals surface area contributed by atoms with Crippen LogP contribution in [0.2, 0.25) is 0 Å². The lowest BCUT2D eigenvalue weighted by Crippen LogP contribution is -2.34. The van der Waals surface area contributed by atoms with E-state index in [9.17, 15) is 13.2 Å². The first-order valence-corrected chi connectivity index (χ1v) is 6.88. The standard InChI is InChI=1S/C11H10BF3N4O3S/c13-11(14,15)22-8-2-1-6(3-7(8)12(20)21)4-17-19-10-18-9(16)5-23-10/h1-5,20-21H,16H2,(H,18,19). The van der Waals surface area contributed by atoms with Crippen LogP contribution in [-0.4, -0.2) is 34.7 Å². The molecular formula is C11H10BF3N4O3S. The Kier molecular flexibility index (Phi) is 5.08. The minimum Gasteiger partial charge on any atom is -0.423 e. The zero-order valence-electron chi connectivity index (χ0n) is 11.3. The Balaban J connectivity index is 2.15. The highest BCUT2D eigenvalue weighted by atomic mass is 32.1. The molecule has 0 amide bonds. The summed E-state index contributed by atoms with van der Waals surface area (Å²) in [5, 5.41) is 24.2. The van der Waals surface area contributed by atoms with E-state index in [0.29, 0.717) is 16.5 Å². The van der Waals surface area contributed by atoms with E-state index in [1.54, 1.807) is 5.38 Å². The monoisotopic (exact) mass is 346 g/mol. The largest absolute Gasteiger partial charge is 0.573 e. The van der Waals surface area contributed by atoms with Gasteiger partial charge < -0.3 is 20.5 Å². The van der Waals surface area contributed by atoms with Gasteiger partial charge in [-0.15, -0.1) is 24.5 Å². The number of nitrogen functional groups attached to an aromatic ring is 1. The average Bonchev–Trinajstić information content (AvgIpc) is 2.84. The summed E-state index contributed by atoms with van der Waals surface area (Å²) in [7, 11) is -2.13. The Morgan fingerprint density at radius 2 is 2.13 bits per heavy atom. The molecule has 1 heterocycles. The molecule has 7 nitrogen and oxygen atoms in total. The zero-order chi connectivity index (χ0) is 17.0. The fraction of sp³-hybridized carbons (Fsp3) is 0.0909. The van der Waals surface area contributed by atoms with Gasteiger partial charge in [-0.2, -0.15) is 5.10 Å². The molecule has 0 fully saturated rings. The van der Waals surface area contributed by atoms with Crippen LogP contribution in [0.5, 0.6) is 5.75 Å². The third-order valence-electron chi connectivity index (χ3n) is 2.43. The molecule has 0 unspecified atom stereocenters. The highest BCUT2D eigenvalue weighted by molar-refractivity contribution is 7.14. The van der Waals surface area contributed by atoms with Crippen molar-refractivity contribution in [1.82, 2.24) is 4.98 Å². The second-order valence-electron chi connectivity index (χ2n) is 4.17. The molecule has 0 radical (unpaired) electrons. The molecule has 0 spiro atoms. The lowest BCUT2D eigenvalue weighted by molar-refractivity contribution is -0.274. The van der Waals surface area contributed by atoms with Gasteiger partial charge in [-0.1, -0.05) is 0 Å². The third-order valence-corrected chi connectivity index (χ3v) is 3.20. The Morgan fingerprint density at radius 3 is 2.70 bits per heavy atom. The molecule has 0 bridgehead atoms. The van der Waals surface area contributed by atoms with Gasteiger partial charge in [0.05, 0.1) is 6.21 Å². The molecule has 0 saturated heterocycles. The number of nitrogens with one attached hydrogen (secondary N) is 1. The Hall–Kier alpha value is -2.31. The van der Waals surface area contributed by atoms with Crippen LogP contribution in [0.4, 0.5) is 24.1 Å². The molecule has 1 aromatic heterocycles. The number of halogens is 3. The molecule has 0 aliphatic heterocycles. The molecule has 5 N–H and O–H groups in total. The van der Waals surface area contributed by atoms with Crippen molar-refractivity contribution >= 4 is 41.1 Å². The topological polar surface area (TPSA) is 113 Å². The molecule has 122 valence electrons. The smallest absolute Gasteiger partial charge is 0.423 e. The quantitative estimate of drug-likeness (QED) is 0.361. The summed E-state index contributed by atoms with van der Waals surface area (Å²) in [5.41, 5.74) is 7.88. The van der Waals surface area contributed by atoms with E-state index in [4.69, 9.17) is 15.8 Å². The first-order chi connectivity index (χ1) is 10.7. The average molecular weight is 346 g/mol. The number of hydrogen-bond donors (Lipinski definition) is 4. The summed E-state index contributed by atoms with van der Waals surface area (Å²) in [4.78, 5) is 3.89. The van der Waals surface area contributed by atoms with E-state index in [1.807, 2.05) is 0 Å². The highest BCUT2D eigenvalue weighted by Gasteiger charge is 2.33. The van der Waals surface area contributed by atoms with E-state index in [1.165, 1.54) is 23.6 Å². The third kappa shape index (κ3) is 5.12. The molecule has 0 atom stereocenters. The van der Waals surface area contributed by atoms with Gasteiger partial charge in [-0.25, -0.2) is 4.98 Å². The van der Waals surface area contributed by atoms with Crippen LogP contribution in [0.3, 0.4) is 0 Å². The number of thiazole rings is 1. The van der Waals surface area contributed by atoms with Gasteiger partial charge in [0, 0.05) is 10.8 Å². The van der Waals surface area contributed by atoms with Crippen LogP contribution in [-0.2, 0) is 0 Å². The van der Waals surface area contributed by atoms with Crippen molar-refractivity contribution in [3.63, 3.8) is 0 Å².